The van der Waals surface area contributed by atoms with Gasteiger partial charge >= 0.3 is 5.09 Å². The van der Waals surface area contributed by atoms with Gasteiger partial charge in [-0.15, -0.1) is 0 Å². The van der Waals surface area contributed by atoms with E-state index >= 15 is 0 Å². The highest BCUT2D eigenvalue weighted by atomic mass is 32.2. The first-order chi connectivity index (χ1) is 10.4. The molecule has 0 heterocycles. The second kappa shape index (κ2) is 11.2. The molecule has 10 heteroatoms. The van der Waals surface area contributed by atoms with Gasteiger partial charge < -0.3 is 16.2 Å². The first-order valence-electron chi connectivity index (χ1n) is 6.08. The van der Waals surface area contributed by atoms with Crippen molar-refractivity contribution < 1.29 is 25.0 Å². The molecule has 0 saturated heterocycles. The van der Waals surface area contributed by atoms with Crippen LogP contribution in [0.2, 0.25) is 0 Å². The third-order valence-electron chi connectivity index (χ3n) is 2.16. The number of nitrogens with zero attached hydrogens (tertiary/aromatic N) is 2. The Kier molecular flexibility index (Phi) is 9.93. The first-order valence-corrected chi connectivity index (χ1v) is 7.07. The molecule has 0 aliphatic heterocycles. The Bertz CT molecular complexity index is 499. The van der Waals surface area contributed by atoms with E-state index in [-0.39, 0.29) is 11.1 Å². The Balaban J connectivity index is 0.000000980. The van der Waals surface area contributed by atoms with Gasteiger partial charge in [0.25, 0.3) is 0 Å². The molecule has 1 aromatic rings. The smallest absolute Gasteiger partial charge is 0.472 e. The Labute approximate surface area is 131 Å². The number of methoxy groups -OCH3 is 1. The second-order valence-corrected chi connectivity index (χ2v) is 4.85. The van der Waals surface area contributed by atoms with Gasteiger partial charge in [0.1, 0.15) is 10.7 Å². The number of carbonyl (C=O) groups is 1. The van der Waals surface area contributed by atoms with Crippen molar-refractivity contribution in [3.8, 4) is 5.75 Å². The van der Waals surface area contributed by atoms with E-state index in [0.717, 1.165) is 12.2 Å². The summed E-state index contributed by atoms with van der Waals surface area (Å²) in [5.41, 5.74) is 11.1. The maximum absolute atomic E-state index is 11.8. The number of hydrogen-bond donors (Lipinski definition) is 4. The predicted octanol–water partition coefficient (Wildman–Crippen LogP) is 0.776. The standard InChI is InChI=1S/C12H17N3O2S.H2NO3/c1-17-10-5-3-9(4-6-10)11(16)18-8-2-7-15-12(13)14;2-1(3)4/h3-6H,2,7-8H2,1H3,(H4,13,14,15);(H2,2,3,4)/q;+1. The molecular formula is C12H19N4O5S+. The lowest BCUT2D eigenvalue weighted by atomic mass is 10.2. The molecule has 0 saturated carbocycles. The molecule has 9 nitrogen and oxygen atoms in total. The van der Waals surface area contributed by atoms with Crippen molar-refractivity contribution in [2.75, 3.05) is 19.4 Å². The molecule has 0 unspecified atom stereocenters. The summed E-state index contributed by atoms with van der Waals surface area (Å²) < 4.78 is 5.03. The molecule has 1 aromatic carbocycles. The van der Waals surface area contributed by atoms with Gasteiger partial charge in [0.05, 0.1) is 7.11 Å². The van der Waals surface area contributed by atoms with Crippen LogP contribution in [0.25, 0.3) is 0 Å². The largest absolute Gasteiger partial charge is 0.497 e. The fraction of sp³-hybridized carbons (Fsp3) is 0.333. The van der Waals surface area contributed by atoms with Crippen molar-refractivity contribution in [1.82, 2.24) is 0 Å². The van der Waals surface area contributed by atoms with E-state index in [1.165, 1.54) is 11.8 Å². The maximum atomic E-state index is 11.8. The summed E-state index contributed by atoms with van der Waals surface area (Å²) in [6.07, 6.45) is 0.768. The fourth-order valence-electron chi connectivity index (χ4n) is 1.25. The monoisotopic (exact) mass is 331 g/mol. The lowest BCUT2D eigenvalue weighted by Crippen LogP contribution is -2.23. The Morgan fingerprint density at radius 2 is 1.86 bits per heavy atom. The minimum atomic E-state index is -1.25. The number of aliphatic imine (C=N–C) groups is 1. The van der Waals surface area contributed by atoms with E-state index < -0.39 is 5.09 Å². The highest BCUT2D eigenvalue weighted by molar-refractivity contribution is 8.14. The zero-order chi connectivity index (χ0) is 17.0. The molecule has 0 radical (unpaired) electrons. The average molecular weight is 331 g/mol. The van der Waals surface area contributed by atoms with Crippen molar-refractivity contribution in [2.45, 2.75) is 6.42 Å². The van der Waals surface area contributed by atoms with Gasteiger partial charge in [-0.25, -0.2) is 10.4 Å². The molecule has 122 valence electrons. The zero-order valence-corrected chi connectivity index (χ0v) is 12.8. The molecule has 6 N–H and O–H groups in total. The van der Waals surface area contributed by atoms with Crippen LogP contribution in [0.15, 0.2) is 29.3 Å². The maximum Gasteiger partial charge on any atom is 0.472 e. The van der Waals surface area contributed by atoms with Crippen LogP contribution < -0.4 is 16.2 Å². The molecular weight excluding hydrogens is 312 g/mol. The van der Waals surface area contributed by atoms with Crippen LogP contribution in [0.3, 0.4) is 0 Å². The lowest BCUT2D eigenvalue weighted by Gasteiger charge is -2.02. The van der Waals surface area contributed by atoms with Crippen molar-refractivity contribution in [3.63, 3.8) is 0 Å². The number of hydrogen-bond acceptors (Lipinski definition) is 5. The van der Waals surface area contributed by atoms with E-state index in [9.17, 15) is 4.79 Å². The van der Waals surface area contributed by atoms with Gasteiger partial charge in [-0.05, 0) is 30.7 Å². The number of guanidine groups is 1. The molecule has 0 aliphatic carbocycles. The van der Waals surface area contributed by atoms with Gasteiger partial charge in [0, 0.05) is 17.9 Å². The Hall–Kier alpha value is -2.49. The van der Waals surface area contributed by atoms with Gasteiger partial charge in [-0.3, -0.25) is 9.79 Å². The minimum absolute atomic E-state index is 0.0438. The molecule has 22 heavy (non-hydrogen) atoms. The molecule has 1 rings (SSSR count). The van der Waals surface area contributed by atoms with Crippen molar-refractivity contribution in [1.29, 1.82) is 0 Å². The van der Waals surface area contributed by atoms with Crippen LogP contribution in [0, 0.1) is 4.91 Å². The van der Waals surface area contributed by atoms with Gasteiger partial charge in [-0.1, -0.05) is 11.8 Å². The molecule has 0 amide bonds. The SMILES string of the molecule is COc1ccc(C(=O)SCCCN=C(N)N)cc1.O=[N+](O)O. The Morgan fingerprint density at radius 3 is 2.32 bits per heavy atom. The van der Waals surface area contributed by atoms with Crippen LogP contribution in [0.1, 0.15) is 16.8 Å². The molecule has 0 fully saturated rings. The number of benzene rings is 1. The van der Waals surface area contributed by atoms with Crippen LogP contribution in [0.5, 0.6) is 5.75 Å². The van der Waals surface area contributed by atoms with Crippen LogP contribution in [-0.2, 0) is 0 Å². The highest BCUT2D eigenvalue weighted by Crippen LogP contribution is 2.17. The highest BCUT2D eigenvalue weighted by Gasteiger charge is 2.06. The summed E-state index contributed by atoms with van der Waals surface area (Å²) in [6.45, 7) is 0.547. The summed E-state index contributed by atoms with van der Waals surface area (Å²) >= 11 is 1.26. The molecule has 0 atom stereocenters. The molecule has 0 spiro atoms. The van der Waals surface area contributed by atoms with Crippen molar-refractivity contribution in [3.05, 3.63) is 34.7 Å². The van der Waals surface area contributed by atoms with Crippen LogP contribution >= 0.6 is 11.8 Å². The van der Waals surface area contributed by atoms with Crippen molar-refractivity contribution in [2.24, 2.45) is 16.5 Å². The van der Waals surface area contributed by atoms with Crippen LogP contribution in [-0.4, -0.2) is 46.0 Å². The third kappa shape index (κ3) is 10.3. The Morgan fingerprint density at radius 1 is 1.32 bits per heavy atom. The zero-order valence-electron chi connectivity index (χ0n) is 12.0. The van der Waals surface area contributed by atoms with E-state index in [1.54, 1.807) is 31.4 Å². The number of ether oxygens (including phenoxy) is 1. The van der Waals surface area contributed by atoms with Gasteiger partial charge in [0.15, 0.2) is 5.96 Å². The number of thioether (sulfide) groups is 1. The number of rotatable bonds is 6. The van der Waals surface area contributed by atoms with Gasteiger partial charge in [0.2, 0.25) is 5.12 Å². The first kappa shape index (κ1) is 19.5. The van der Waals surface area contributed by atoms with Gasteiger partial charge in [-0.2, -0.15) is 0 Å². The minimum Gasteiger partial charge on any atom is -0.497 e. The second-order valence-electron chi connectivity index (χ2n) is 3.78. The predicted molar refractivity (Wildman–Crippen MR) is 82.3 cm³/mol. The van der Waals surface area contributed by atoms with E-state index in [1.807, 2.05) is 0 Å². The lowest BCUT2D eigenvalue weighted by molar-refractivity contribution is -0.969. The summed E-state index contributed by atoms with van der Waals surface area (Å²) in [5.74, 6) is 1.52. The average Bonchev–Trinajstić information content (AvgIpc) is 2.46. The van der Waals surface area contributed by atoms with E-state index in [4.69, 9.17) is 31.5 Å². The third-order valence-corrected chi connectivity index (χ3v) is 3.15. The number of carbonyl (C=O) groups excluding carboxylic acids is 1. The molecule has 0 aromatic heterocycles. The van der Waals surface area contributed by atoms with E-state index in [0.29, 0.717) is 17.9 Å². The quantitative estimate of drug-likeness (QED) is 0.258. The van der Waals surface area contributed by atoms with Crippen molar-refractivity contribution >= 4 is 22.8 Å². The topological polar surface area (TPSA) is 151 Å². The van der Waals surface area contributed by atoms with E-state index in [2.05, 4.69) is 4.99 Å². The normalized spacial score (nSPS) is 9.14. The van der Waals surface area contributed by atoms with Crippen LogP contribution in [0.4, 0.5) is 0 Å². The molecule has 0 bridgehead atoms. The summed E-state index contributed by atoms with van der Waals surface area (Å²) in [7, 11) is 1.59. The summed E-state index contributed by atoms with van der Waals surface area (Å²) in [4.78, 5) is 24.1. The molecule has 0 aliphatic rings. The number of nitrogens with two attached hydrogens (primary N) is 2. The summed E-state index contributed by atoms with van der Waals surface area (Å²) in [6, 6.07) is 7.05. The fourth-order valence-corrected chi connectivity index (χ4v) is 2.01. The summed E-state index contributed by atoms with van der Waals surface area (Å²) in [5, 5.41) is 12.6.